The van der Waals surface area contributed by atoms with Gasteiger partial charge in [-0.25, -0.2) is 14.2 Å². The van der Waals surface area contributed by atoms with Crippen LogP contribution in [-0.4, -0.2) is 35.9 Å². The highest BCUT2D eigenvalue weighted by molar-refractivity contribution is 7.71. The highest BCUT2D eigenvalue weighted by Gasteiger charge is 2.49. The van der Waals surface area contributed by atoms with Crippen LogP contribution in [0.1, 0.15) is 33.3 Å². The average molecular weight is 529 g/mol. The molecule has 0 saturated carbocycles. The second-order valence-corrected chi connectivity index (χ2v) is 12.6. The fourth-order valence-electron chi connectivity index (χ4n) is 5.66. The van der Waals surface area contributed by atoms with Gasteiger partial charge in [0.2, 0.25) is 0 Å². The zero-order valence-corrected chi connectivity index (χ0v) is 23.3. The summed E-state index contributed by atoms with van der Waals surface area (Å²) in [6.07, 6.45) is 1.99. The minimum atomic E-state index is -2.72. The molecular weight excluding hydrogens is 495 g/mol. The van der Waals surface area contributed by atoms with E-state index in [-0.39, 0.29) is 16.0 Å². The van der Waals surface area contributed by atoms with Gasteiger partial charge in [-0.3, -0.25) is 10.1 Å². The van der Waals surface area contributed by atoms with Crippen molar-refractivity contribution in [2.75, 3.05) is 29.8 Å². The Bertz CT molecular complexity index is 1480. The number of nitrogens with zero attached hydrogens (tertiary/aromatic N) is 6. The van der Waals surface area contributed by atoms with Gasteiger partial charge in [-0.1, -0.05) is 64.1 Å². The Kier molecular flexibility index (Phi) is 6.72. The lowest BCUT2D eigenvalue weighted by Gasteiger charge is -2.40. The van der Waals surface area contributed by atoms with Gasteiger partial charge in [-0.2, -0.15) is 5.10 Å². The summed E-state index contributed by atoms with van der Waals surface area (Å²) in [5.41, 5.74) is 5.05. The molecule has 0 N–H and O–H groups in total. The lowest BCUT2D eigenvalue weighted by atomic mass is 9.84. The van der Waals surface area contributed by atoms with E-state index in [1.54, 1.807) is 12.1 Å². The monoisotopic (exact) mass is 528 g/mol. The first-order chi connectivity index (χ1) is 18.3. The van der Waals surface area contributed by atoms with Crippen molar-refractivity contribution >= 4 is 36.3 Å². The van der Waals surface area contributed by atoms with Crippen molar-refractivity contribution < 1.29 is 4.92 Å². The Labute approximate surface area is 224 Å². The van der Waals surface area contributed by atoms with E-state index >= 15 is 0 Å². The van der Waals surface area contributed by atoms with E-state index in [1.807, 2.05) is 24.4 Å². The summed E-state index contributed by atoms with van der Waals surface area (Å²) in [5, 5.41) is 17.5. The van der Waals surface area contributed by atoms with Crippen LogP contribution in [0.2, 0.25) is 0 Å². The fourth-order valence-corrected chi connectivity index (χ4v) is 9.54. The SMILES string of the molecule is CCN(CC)P1(=Nc2ccc([N+](=O)[O-])cc2)/C(=C2\N(C)c3ccccc3C2(C)C)C=NN1c1ccccc1. The quantitative estimate of drug-likeness (QED) is 0.186. The van der Waals surface area contributed by atoms with Gasteiger partial charge < -0.3 is 4.90 Å². The number of para-hydroxylation sites is 2. The maximum atomic E-state index is 11.3. The van der Waals surface area contributed by atoms with Gasteiger partial charge in [0.25, 0.3) is 5.69 Å². The molecule has 0 radical (unpaired) electrons. The number of fused-ring (bicyclic) bond motifs is 1. The summed E-state index contributed by atoms with van der Waals surface area (Å²) in [6, 6.07) is 25.2. The molecule has 0 saturated heterocycles. The summed E-state index contributed by atoms with van der Waals surface area (Å²) in [4.78, 5) is 13.2. The van der Waals surface area contributed by atoms with E-state index < -0.39 is 7.36 Å². The third-order valence-electron chi connectivity index (χ3n) is 7.41. The largest absolute Gasteiger partial charge is 0.346 e. The molecule has 0 amide bonds. The number of nitro groups is 1. The number of hydrazone groups is 1. The van der Waals surface area contributed by atoms with Gasteiger partial charge in [-0.05, 0) is 35.9 Å². The molecule has 3 aromatic carbocycles. The number of benzene rings is 3. The number of rotatable bonds is 6. The molecule has 1 atom stereocenters. The maximum Gasteiger partial charge on any atom is 0.269 e. The zero-order chi connectivity index (χ0) is 27.1. The molecule has 2 aliphatic heterocycles. The topological polar surface area (TPSA) is 77.6 Å². The molecule has 9 heteroatoms. The van der Waals surface area contributed by atoms with E-state index in [2.05, 4.69) is 85.5 Å². The molecule has 3 aromatic rings. The Morgan fingerprint density at radius 3 is 2.21 bits per heavy atom. The van der Waals surface area contributed by atoms with Crippen LogP contribution >= 0.6 is 7.36 Å². The molecule has 0 spiro atoms. The van der Waals surface area contributed by atoms with Crippen LogP contribution in [-0.2, 0) is 5.41 Å². The van der Waals surface area contributed by atoms with Gasteiger partial charge in [-0.15, -0.1) is 0 Å². The molecule has 8 nitrogen and oxygen atoms in total. The van der Waals surface area contributed by atoms with Crippen molar-refractivity contribution in [3.63, 3.8) is 0 Å². The van der Waals surface area contributed by atoms with Crippen LogP contribution in [0, 0.1) is 10.1 Å². The fraction of sp³-hybridized carbons (Fsp3) is 0.276. The predicted octanol–water partition coefficient (Wildman–Crippen LogP) is 7.74. The first-order valence-corrected chi connectivity index (χ1v) is 14.5. The van der Waals surface area contributed by atoms with Crippen LogP contribution in [0.5, 0.6) is 0 Å². The summed E-state index contributed by atoms with van der Waals surface area (Å²) < 4.78 is 10.0. The van der Waals surface area contributed by atoms with Crippen LogP contribution < -0.4 is 9.68 Å². The van der Waals surface area contributed by atoms with E-state index in [0.717, 1.165) is 24.1 Å². The first-order valence-electron chi connectivity index (χ1n) is 12.9. The van der Waals surface area contributed by atoms with Gasteiger partial charge >= 0.3 is 0 Å². The lowest BCUT2D eigenvalue weighted by molar-refractivity contribution is -0.384. The molecule has 2 heterocycles. The van der Waals surface area contributed by atoms with Crippen LogP contribution in [0.15, 0.2) is 99.7 Å². The number of allylic oxidation sites excluding steroid dienone is 2. The van der Waals surface area contributed by atoms with Crippen molar-refractivity contribution in [3.8, 4) is 0 Å². The Morgan fingerprint density at radius 1 is 0.974 bits per heavy atom. The Hall–Kier alpha value is -3.74. The number of nitro benzene ring substituents is 1. The predicted molar refractivity (Wildman–Crippen MR) is 157 cm³/mol. The van der Waals surface area contributed by atoms with Gasteiger partial charge in [0.05, 0.1) is 27.8 Å². The van der Waals surface area contributed by atoms with Crippen molar-refractivity contribution in [2.24, 2.45) is 9.85 Å². The number of likely N-dealkylation sites (N-methyl/N-ethyl adjacent to an activating group) is 1. The normalized spacial score (nSPS) is 21.7. The number of non-ortho nitro benzene ring substituents is 1. The molecule has 2 aliphatic rings. The lowest BCUT2D eigenvalue weighted by Crippen LogP contribution is -2.31. The molecular formula is C29H33N6O2P. The summed E-state index contributed by atoms with van der Waals surface area (Å²) in [7, 11) is -0.595. The van der Waals surface area contributed by atoms with E-state index in [0.29, 0.717) is 5.69 Å². The third kappa shape index (κ3) is 3.96. The van der Waals surface area contributed by atoms with Gasteiger partial charge in [0.15, 0.2) is 7.36 Å². The van der Waals surface area contributed by atoms with Gasteiger partial charge in [0, 0.05) is 49.1 Å². The van der Waals surface area contributed by atoms with Gasteiger partial charge in [0.1, 0.15) is 0 Å². The number of hydrogen-bond donors (Lipinski definition) is 0. The second-order valence-electron chi connectivity index (χ2n) is 9.89. The van der Waals surface area contributed by atoms with Crippen molar-refractivity contribution in [2.45, 2.75) is 33.1 Å². The van der Waals surface area contributed by atoms with E-state index in [9.17, 15) is 10.1 Å². The van der Waals surface area contributed by atoms with Crippen LogP contribution in [0.3, 0.4) is 0 Å². The zero-order valence-electron chi connectivity index (χ0n) is 22.4. The number of anilines is 2. The summed E-state index contributed by atoms with van der Waals surface area (Å²) in [6.45, 7) is 10.4. The Morgan fingerprint density at radius 2 is 1.61 bits per heavy atom. The molecule has 0 fully saturated rings. The van der Waals surface area contributed by atoms with E-state index in [1.165, 1.54) is 29.1 Å². The molecule has 38 heavy (non-hydrogen) atoms. The van der Waals surface area contributed by atoms with E-state index in [4.69, 9.17) is 9.85 Å². The molecule has 196 valence electrons. The molecule has 5 rings (SSSR count). The second kappa shape index (κ2) is 9.86. The summed E-state index contributed by atoms with van der Waals surface area (Å²) in [5.74, 6) is 0. The maximum absolute atomic E-state index is 11.3. The van der Waals surface area contributed by atoms with Crippen molar-refractivity contribution in [3.05, 3.63) is 106 Å². The highest BCUT2D eigenvalue weighted by atomic mass is 31.2. The Balaban J connectivity index is 1.86. The molecule has 0 bridgehead atoms. The van der Waals surface area contributed by atoms with Crippen molar-refractivity contribution in [1.82, 2.24) is 4.67 Å². The smallest absolute Gasteiger partial charge is 0.269 e. The number of hydrogen-bond acceptors (Lipinski definition) is 5. The average Bonchev–Trinajstić information content (AvgIpc) is 3.37. The minimum Gasteiger partial charge on any atom is -0.346 e. The minimum absolute atomic E-state index is 0.0486. The van der Waals surface area contributed by atoms with Crippen LogP contribution in [0.25, 0.3) is 0 Å². The third-order valence-corrected chi connectivity index (χ3v) is 11.1. The standard InChI is InChI=1S/C29H33N6O2P/c1-6-33(7-2)38(31-22-17-19-24(20-18-22)35(36)37)27(21-30-34(38)23-13-9-8-10-14-23)28-29(3,4)25-15-11-12-16-26(25)32(28)5/h8-21H,6-7H2,1-5H3/b28-27-. The molecule has 1 unspecified atom stereocenters. The molecule has 0 aromatic heterocycles. The molecule has 0 aliphatic carbocycles. The summed E-state index contributed by atoms with van der Waals surface area (Å²) >= 11 is 0. The highest BCUT2D eigenvalue weighted by Crippen LogP contribution is 2.70. The van der Waals surface area contributed by atoms with Crippen molar-refractivity contribution in [1.29, 1.82) is 0 Å². The first kappa shape index (κ1) is 25.9. The van der Waals surface area contributed by atoms with Crippen LogP contribution in [0.4, 0.5) is 22.7 Å².